The second-order valence-electron chi connectivity index (χ2n) is 5.52. The number of ether oxygens (including phenoxy) is 1. The number of carbonyl (C=O) groups excluding carboxylic acids is 1. The number of pyridine rings is 1. The van der Waals surface area contributed by atoms with Crippen LogP contribution in [0.1, 0.15) is 29.0 Å². The second-order valence-corrected chi connectivity index (χ2v) is 5.52. The van der Waals surface area contributed by atoms with Gasteiger partial charge in [0.25, 0.3) is 5.91 Å². The van der Waals surface area contributed by atoms with E-state index in [4.69, 9.17) is 4.74 Å². The van der Waals surface area contributed by atoms with Gasteiger partial charge in [-0.15, -0.1) is 0 Å². The molecule has 0 spiro atoms. The van der Waals surface area contributed by atoms with E-state index in [2.05, 4.69) is 15.0 Å². The summed E-state index contributed by atoms with van der Waals surface area (Å²) in [6.45, 7) is 2.99. The Labute approximate surface area is 133 Å². The number of hydrogen-bond donors (Lipinski definition) is 1. The zero-order chi connectivity index (χ0) is 16.2. The number of amides is 1. The van der Waals surface area contributed by atoms with E-state index in [1.165, 1.54) is 12.3 Å². The normalized spacial score (nSPS) is 17.8. The number of piperidine rings is 1. The van der Waals surface area contributed by atoms with Crippen molar-refractivity contribution in [3.05, 3.63) is 52.3 Å². The maximum atomic E-state index is 12.5. The third-order valence-corrected chi connectivity index (χ3v) is 3.73. The number of carbonyl (C=O) groups is 1. The van der Waals surface area contributed by atoms with Crippen molar-refractivity contribution in [2.24, 2.45) is 0 Å². The lowest BCUT2D eigenvalue weighted by Gasteiger charge is -2.32. The van der Waals surface area contributed by atoms with Gasteiger partial charge in [0, 0.05) is 31.1 Å². The molecule has 7 nitrogen and oxygen atoms in total. The third-order valence-electron chi connectivity index (χ3n) is 3.73. The molecule has 1 aliphatic heterocycles. The van der Waals surface area contributed by atoms with Crippen LogP contribution in [-0.2, 0) is 0 Å². The Morgan fingerprint density at radius 2 is 2.26 bits per heavy atom. The molecule has 23 heavy (non-hydrogen) atoms. The number of hydrogen-bond acceptors (Lipinski definition) is 5. The predicted molar refractivity (Wildman–Crippen MR) is 83.4 cm³/mol. The molecule has 2 aromatic rings. The fourth-order valence-electron chi connectivity index (χ4n) is 2.62. The number of aryl methyl sites for hydroxylation is 1. The van der Waals surface area contributed by atoms with Crippen molar-refractivity contribution in [1.82, 2.24) is 19.9 Å². The minimum Gasteiger partial charge on any atom is -0.472 e. The van der Waals surface area contributed by atoms with Crippen molar-refractivity contribution in [3.63, 3.8) is 0 Å². The van der Waals surface area contributed by atoms with Gasteiger partial charge in [-0.2, -0.15) is 4.98 Å². The summed E-state index contributed by atoms with van der Waals surface area (Å²) >= 11 is 0. The molecule has 1 fully saturated rings. The van der Waals surface area contributed by atoms with Gasteiger partial charge < -0.3 is 14.6 Å². The number of nitrogens with zero attached hydrogens (tertiary/aromatic N) is 3. The Morgan fingerprint density at radius 1 is 1.39 bits per heavy atom. The van der Waals surface area contributed by atoms with Crippen molar-refractivity contribution >= 4 is 5.91 Å². The zero-order valence-electron chi connectivity index (χ0n) is 12.9. The first-order chi connectivity index (χ1) is 11.1. The van der Waals surface area contributed by atoms with Crippen molar-refractivity contribution in [1.29, 1.82) is 0 Å². The minimum absolute atomic E-state index is 0.0928. The van der Waals surface area contributed by atoms with Gasteiger partial charge in [0.05, 0.1) is 12.1 Å². The molecule has 1 amide bonds. The fraction of sp³-hybridized carbons (Fsp3) is 0.375. The molecule has 1 saturated heterocycles. The molecule has 3 heterocycles. The van der Waals surface area contributed by atoms with Crippen molar-refractivity contribution in [3.8, 4) is 5.88 Å². The maximum absolute atomic E-state index is 12.5. The predicted octanol–water partition coefficient (Wildman–Crippen LogP) is 1.16. The first-order valence-electron chi connectivity index (χ1n) is 7.56. The van der Waals surface area contributed by atoms with Crippen molar-refractivity contribution in [2.75, 3.05) is 13.1 Å². The maximum Gasteiger partial charge on any atom is 0.255 e. The summed E-state index contributed by atoms with van der Waals surface area (Å²) in [7, 11) is 0. The minimum atomic E-state index is -0.222. The molecule has 2 aromatic heterocycles. The molecule has 120 valence electrons. The van der Waals surface area contributed by atoms with Gasteiger partial charge in [-0.25, -0.2) is 4.98 Å². The number of H-pyrrole nitrogens is 1. The molecule has 0 unspecified atom stereocenters. The molecule has 0 aliphatic carbocycles. The molecular formula is C16H18N4O3. The Hall–Kier alpha value is -2.70. The molecule has 7 heteroatoms. The highest BCUT2D eigenvalue weighted by Crippen LogP contribution is 2.18. The largest absolute Gasteiger partial charge is 0.472 e. The monoisotopic (exact) mass is 314 g/mol. The van der Waals surface area contributed by atoms with Crippen LogP contribution >= 0.6 is 0 Å². The van der Waals surface area contributed by atoms with Gasteiger partial charge in [0.2, 0.25) is 11.4 Å². The van der Waals surface area contributed by atoms with E-state index < -0.39 is 0 Å². The molecule has 0 bridgehead atoms. The summed E-state index contributed by atoms with van der Waals surface area (Å²) < 4.78 is 5.87. The quantitative estimate of drug-likeness (QED) is 0.918. The van der Waals surface area contributed by atoms with Crippen molar-refractivity contribution < 1.29 is 9.53 Å². The smallest absolute Gasteiger partial charge is 0.255 e. The van der Waals surface area contributed by atoms with Gasteiger partial charge in [0.1, 0.15) is 11.9 Å². The number of aromatic amines is 1. The van der Waals surface area contributed by atoms with Crippen LogP contribution in [0.4, 0.5) is 0 Å². The van der Waals surface area contributed by atoms with Gasteiger partial charge in [0.15, 0.2) is 0 Å². The van der Waals surface area contributed by atoms with Crippen molar-refractivity contribution in [2.45, 2.75) is 25.9 Å². The van der Waals surface area contributed by atoms with E-state index in [1.54, 1.807) is 30.2 Å². The Kier molecular flexibility index (Phi) is 4.36. The third kappa shape index (κ3) is 3.74. The van der Waals surface area contributed by atoms with Gasteiger partial charge in [-0.3, -0.25) is 9.59 Å². The van der Waals surface area contributed by atoms with E-state index in [0.717, 1.165) is 12.8 Å². The van der Waals surface area contributed by atoms with E-state index in [0.29, 0.717) is 30.4 Å². The highest BCUT2D eigenvalue weighted by atomic mass is 16.5. The van der Waals surface area contributed by atoms with E-state index in [9.17, 15) is 9.59 Å². The van der Waals surface area contributed by atoms with Crippen LogP contribution in [0, 0.1) is 6.92 Å². The van der Waals surface area contributed by atoms with Crippen LogP contribution in [0.15, 0.2) is 35.4 Å². The average Bonchev–Trinajstić information content (AvgIpc) is 2.55. The second kappa shape index (κ2) is 6.60. The number of nitrogens with one attached hydrogen (secondary N) is 1. The van der Waals surface area contributed by atoms with Crippen LogP contribution in [0.2, 0.25) is 0 Å². The SMILES string of the molecule is Cc1nccc(O[C@H]2CCCN(C(=O)c3ccc(=O)[nH]c3)C2)n1. The molecule has 0 aromatic carbocycles. The summed E-state index contributed by atoms with van der Waals surface area (Å²) in [5, 5.41) is 0. The summed E-state index contributed by atoms with van der Waals surface area (Å²) in [6.07, 6.45) is 4.75. The van der Waals surface area contributed by atoms with E-state index >= 15 is 0 Å². The zero-order valence-corrected chi connectivity index (χ0v) is 12.9. The number of aromatic nitrogens is 3. The first-order valence-corrected chi connectivity index (χ1v) is 7.56. The molecular weight excluding hydrogens is 296 g/mol. The summed E-state index contributed by atoms with van der Waals surface area (Å²) in [6, 6.07) is 4.62. The lowest BCUT2D eigenvalue weighted by molar-refractivity contribution is 0.0526. The summed E-state index contributed by atoms with van der Waals surface area (Å²) in [5.41, 5.74) is 0.253. The van der Waals surface area contributed by atoms with Crippen LogP contribution in [0.5, 0.6) is 5.88 Å². The molecule has 0 radical (unpaired) electrons. The van der Waals surface area contributed by atoms with E-state index in [-0.39, 0.29) is 17.6 Å². The van der Waals surface area contributed by atoms with Crippen LogP contribution < -0.4 is 10.3 Å². The summed E-state index contributed by atoms with van der Waals surface area (Å²) in [5.74, 6) is 1.08. The highest BCUT2D eigenvalue weighted by molar-refractivity contribution is 5.93. The van der Waals surface area contributed by atoms with E-state index in [1.807, 2.05) is 0 Å². The average molecular weight is 314 g/mol. The van der Waals surface area contributed by atoms with Crippen LogP contribution in [0.3, 0.4) is 0 Å². The molecule has 1 aliphatic rings. The lowest BCUT2D eigenvalue weighted by Crippen LogP contribution is -2.44. The van der Waals surface area contributed by atoms with Crippen LogP contribution in [-0.4, -0.2) is 45.0 Å². The first kappa shape index (κ1) is 15.2. The Bertz CT molecular complexity index is 738. The van der Waals surface area contributed by atoms with Gasteiger partial charge >= 0.3 is 0 Å². The Morgan fingerprint density at radius 3 is 3.00 bits per heavy atom. The molecule has 3 rings (SSSR count). The van der Waals surface area contributed by atoms with Gasteiger partial charge in [-0.1, -0.05) is 0 Å². The molecule has 0 saturated carbocycles. The Balaban J connectivity index is 1.67. The lowest BCUT2D eigenvalue weighted by atomic mass is 10.1. The number of rotatable bonds is 3. The molecule has 1 atom stereocenters. The number of likely N-dealkylation sites (tertiary alicyclic amines) is 1. The topological polar surface area (TPSA) is 88.2 Å². The fourth-order valence-corrected chi connectivity index (χ4v) is 2.62. The molecule has 1 N–H and O–H groups in total. The highest BCUT2D eigenvalue weighted by Gasteiger charge is 2.26. The summed E-state index contributed by atoms with van der Waals surface area (Å²) in [4.78, 5) is 36.1. The van der Waals surface area contributed by atoms with Gasteiger partial charge in [-0.05, 0) is 25.8 Å². The van der Waals surface area contributed by atoms with Crippen LogP contribution in [0.25, 0.3) is 0 Å². The standard InChI is InChI=1S/C16H18N4O3/c1-11-17-7-6-15(19-11)23-13-3-2-8-20(10-13)16(22)12-4-5-14(21)18-9-12/h4-7,9,13H,2-3,8,10H2,1H3,(H,18,21)/t13-/m0/s1.